The summed E-state index contributed by atoms with van der Waals surface area (Å²) in [6.07, 6.45) is 0.922. The van der Waals surface area contributed by atoms with E-state index in [4.69, 9.17) is 4.74 Å². The third kappa shape index (κ3) is 1.92. The van der Waals surface area contributed by atoms with E-state index < -0.39 is 0 Å². The Kier molecular flexibility index (Phi) is 3.14. The third-order valence-corrected chi connectivity index (χ3v) is 4.85. The second-order valence-corrected chi connectivity index (χ2v) is 6.01. The molecular formula is C19H19NO2. The molecule has 3 atom stereocenters. The Morgan fingerprint density at radius 1 is 1.14 bits per heavy atom. The molecule has 0 aromatic heterocycles. The van der Waals surface area contributed by atoms with Crippen LogP contribution in [0.5, 0.6) is 0 Å². The highest BCUT2D eigenvalue weighted by Crippen LogP contribution is 2.49. The van der Waals surface area contributed by atoms with Crippen LogP contribution in [0.25, 0.3) is 0 Å². The lowest BCUT2D eigenvalue weighted by atomic mass is 9.78. The number of hydrogen-bond donors (Lipinski definition) is 1. The molecule has 1 heterocycles. The molecule has 0 saturated carbocycles. The van der Waals surface area contributed by atoms with Crippen molar-refractivity contribution in [3.05, 3.63) is 65.2 Å². The number of para-hydroxylation sites is 1. The molecule has 112 valence electrons. The van der Waals surface area contributed by atoms with Gasteiger partial charge in [0.25, 0.3) is 0 Å². The summed E-state index contributed by atoms with van der Waals surface area (Å²) in [5.41, 5.74) is 5.05. The number of esters is 1. The van der Waals surface area contributed by atoms with E-state index in [1.54, 1.807) is 0 Å². The Hall–Kier alpha value is -2.29. The van der Waals surface area contributed by atoms with E-state index in [0.717, 1.165) is 12.1 Å². The van der Waals surface area contributed by atoms with E-state index in [0.29, 0.717) is 6.61 Å². The summed E-state index contributed by atoms with van der Waals surface area (Å²) in [6.45, 7) is 2.28. The molecule has 3 nitrogen and oxygen atoms in total. The summed E-state index contributed by atoms with van der Waals surface area (Å²) < 4.78 is 5.30. The molecule has 0 radical (unpaired) electrons. The fourth-order valence-electron chi connectivity index (χ4n) is 3.97. The highest BCUT2D eigenvalue weighted by Gasteiger charge is 2.45. The molecule has 0 amide bonds. The maximum Gasteiger partial charge on any atom is 0.328 e. The van der Waals surface area contributed by atoms with Gasteiger partial charge in [-0.15, -0.1) is 0 Å². The van der Waals surface area contributed by atoms with Gasteiger partial charge in [0.05, 0.1) is 6.61 Å². The SMILES string of the molecule is CCOC(=O)[C@H]1Nc2ccccc2[C@H]2c3ccccc3C[C@H]21. The van der Waals surface area contributed by atoms with Gasteiger partial charge in [-0.25, -0.2) is 4.79 Å². The zero-order valence-corrected chi connectivity index (χ0v) is 12.6. The van der Waals surface area contributed by atoms with Gasteiger partial charge in [0.2, 0.25) is 0 Å². The summed E-state index contributed by atoms with van der Waals surface area (Å²) in [5.74, 6) is 0.370. The normalized spacial score (nSPS) is 24.7. The number of benzene rings is 2. The molecule has 0 fully saturated rings. The van der Waals surface area contributed by atoms with Crippen molar-refractivity contribution in [2.45, 2.75) is 25.3 Å². The van der Waals surface area contributed by atoms with Gasteiger partial charge in [-0.3, -0.25) is 0 Å². The highest BCUT2D eigenvalue weighted by atomic mass is 16.5. The minimum atomic E-state index is -0.271. The van der Waals surface area contributed by atoms with Gasteiger partial charge in [0.15, 0.2) is 0 Å². The lowest BCUT2D eigenvalue weighted by molar-refractivity contribution is -0.145. The first-order chi connectivity index (χ1) is 10.8. The quantitative estimate of drug-likeness (QED) is 0.863. The minimum Gasteiger partial charge on any atom is -0.464 e. The average Bonchev–Trinajstić information content (AvgIpc) is 2.94. The lowest BCUT2D eigenvalue weighted by Gasteiger charge is -2.36. The maximum atomic E-state index is 12.4. The van der Waals surface area contributed by atoms with Crippen LogP contribution in [-0.4, -0.2) is 18.6 Å². The van der Waals surface area contributed by atoms with Crippen LogP contribution in [-0.2, 0) is 16.0 Å². The molecule has 3 heteroatoms. The summed E-state index contributed by atoms with van der Waals surface area (Å²) in [6, 6.07) is 16.6. The van der Waals surface area contributed by atoms with Crippen molar-refractivity contribution in [1.82, 2.24) is 0 Å². The van der Waals surface area contributed by atoms with Crippen LogP contribution in [0, 0.1) is 5.92 Å². The van der Waals surface area contributed by atoms with Gasteiger partial charge in [0, 0.05) is 17.5 Å². The number of anilines is 1. The number of rotatable bonds is 2. The Bertz CT molecular complexity index is 725. The van der Waals surface area contributed by atoms with Crippen LogP contribution in [0.15, 0.2) is 48.5 Å². The van der Waals surface area contributed by atoms with Gasteiger partial charge in [-0.1, -0.05) is 42.5 Å². The molecule has 0 saturated heterocycles. The average molecular weight is 293 g/mol. The summed E-state index contributed by atoms with van der Waals surface area (Å²) in [7, 11) is 0. The van der Waals surface area contributed by atoms with E-state index in [-0.39, 0.29) is 23.8 Å². The Balaban J connectivity index is 1.83. The summed E-state index contributed by atoms with van der Waals surface area (Å²) >= 11 is 0. The van der Waals surface area contributed by atoms with Crippen LogP contribution in [0.3, 0.4) is 0 Å². The van der Waals surface area contributed by atoms with Crippen molar-refractivity contribution in [2.75, 3.05) is 11.9 Å². The van der Waals surface area contributed by atoms with Crippen molar-refractivity contribution in [3.8, 4) is 0 Å². The van der Waals surface area contributed by atoms with Crippen molar-refractivity contribution in [2.24, 2.45) is 5.92 Å². The lowest BCUT2D eigenvalue weighted by Crippen LogP contribution is -2.43. The van der Waals surface area contributed by atoms with Crippen LogP contribution in [0.1, 0.15) is 29.5 Å². The van der Waals surface area contributed by atoms with Crippen LogP contribution in [0.2, 0.25) is 0 Å². The summed E-state index contributed by atoms with van der Waals surface area (Å²) in [5, 5.41) is 3.41. The van der Waals surface area contributed by atoms with E-state index in [1.807, 2.05) is 13.0 Å². The monoisotopic (exact) mass is 293 g/mol. The number of ether oxygens (including phenoxy) is 1. The van der Waals surface area contributed by atoms with Gasteiger partial charge in [-0.2, -0.15) is 0 Å². The largest absolute Gasteiger partial charge is 0.464 e. The first-order valence-corrected chi connectivity index (χ1v) is 7.89. The molecule has 1 aliphatic carbocycles. The summed E-state index contributed by atoms with van der Waals surface area (Å²) in [4.78, 5) is 12.4. The number of hydrogen-bond acceptors (Lipinski definition) is 3. The molecule has 0 bridgehead atoms. The van der Waals surface area contributed by atoms with E-state index in [2.05, 4.69) is 47.8 Å². The number of nitrogens with one attached hydrogen (secondary N) is 1. The van der Waals surface area contributed by atoms with Crippen molar-refractivity contribution in [1.29, 1.82) is 0 Å². The van der Waals surface area contributed by atoms with Crippen LogP contribution in [0.4, 0.5) is 5.69 Å². The number of carbonyl (C=O) groups is 1. The highest BCUT2D eigenvalue weighted by molar-refractivity contribution is 5.82. The fraction of sp³-hybridized carbons (Fsp3) is 0.316. The van der Waals surface area contributed by atoms with E-state index in [9.17, 15) is 4.79 Å². The fourth-order valence-corrected chi connectivity index (χ4v) is 3.97. The second-order valence-electron chi connectivity index (χ2n) is 6.01. The topological polar surface area (TPSA) is 38.3 Å². The Morgan fingerprint density at radius 3 is 2.68 bits per heavy atom. The van der Waals surface area contributed by atoms with Crippen LogP contribution < -0.4 is 5.32 Å². The third-order valence-electron chi connectivity index (χ3n) is 4.85. The molecule has 2 aliphatic rings. The maximum absolute atomic E-state index is 12.4. The van der Waals surface area contributed by atoms with Crippen molar-refractivity contribution in [3.63, 3.8) is 0 Å². The predicted molar refractivity (Wildman–Crippen MR) is 86.0 cm³/mol. The zero-order chi connectivity index (χ0) is 15.1. The number of carbonyl (C=O) groups excluding carboxylic acids is 1. The molecule has 1 aliphatic heterocycles. The first kappa shape index (κ1) is 13.4. The Morgan fingerprint density at radius 2 is 1.86 bits per heavy atom. The first-order valence-electron chi connectivity index (χ1n) is 7.89. The van der Waals surface area contributed by atoms with Crippen molar-refractivity contribution >= 4 is 11.7 Å². The van der Waals surface area contributed by atoms with Gasteiger partial charge in [-0.05, 0) is 36.1 Å². The van der Waals surface area contributed by atoms with Gasteiger partial charge >= 0.3 is 5.97 Å². The number of fused-ring (bicyclic) bond motifs is 5. The zero-order valence-electron chi connectivity index (χ0n) is 12.6. The van der Waals surface area contributed by atoms with Crippen molar-refractivity contribution < 1.29 is 9.53 Å². The molecule has 4 rings (SSSR count). The standard InChI is InChI=1S/C19H19NO2/c1-2-22-19(21)18-15-11-12-7-3-4-8-13(12)17(15)14-9-5-6-10-16(14)20-18/h3-10,15,17-18,20H,2,11H2,1H3/t15-,17-,18+/m1/s1. The molecule has 2 aromatic carbocycles. The van der Waals surface area contributed by atoms with Gasteiger partial charge in [0.1, 0.15) is 6.04 Å². The minimum absolute atomic E-state index is 0.139. The molecule has 1 N–H and O–H groups in total. The van der Waals surface area contributed by atoms with Crippen LogP contribution >= 0.6 is 0 Å². The Labute approximate surface area is 130 Å². The molecule has 0 unspecified atom stereocenters. The second kappa shape index (κ2) is 5.16. The van der Waals surface area contributed by atoms with Gasteiger partial charge < -0.3 is 10.1 Å². The molecular weight excluding hydrogens is 274 g/mol. The van der Waals surface area contributed by atoms with E-state index >= 15 is 0 Å². The van der Waals surface area contributed by atoms with E-state index in [1.165, 1.54) is 16.7 Å². The molecule has 2 aromatic rings. The molecule has 22 heavy (non-hydrogen) atoms. The predicted octanol–water partition coefficient (Wildman–Crippen LogP) is 3.35. The molecule has 0 spiro atoms. The smallest absolute Gasteiger partial charge is 0.328 e.